The van der Waals surface area contributed by atoms with Crippen molar-refractivity contribution in [1.82, 2.24) is 25.0 Å². The van der Waals surface area contributed by atoms with Gasteiger partial charge in [0.2, 0.25) is 0 Å². The minimum absolute atomic E-state index is 0.487. The summed E-state index contributed by atoms with van der Waals surface area (Å²) >= 11 is 0. The predicted octanol–water partition coefficient (Wildman–Crippen LogP) is 1.66. The Morgan fingerprint density at radius 3 is 2.80 bits per heavy atom. The summed E-state index contributed by atoms with van der Waals surface area (Å²) in [6.07, 6.45) is 7.19. The summed E-state index contributed by atoms with van der Waals surface area (Å²) < 4.78 is 2.02. The summed E-state index contributed by atoms with van der Waals surface area (Å²) in [7, 11) is 2.06. The molecular weight excluding hydrogens is 250 g/mol. The number of hydrogen-bond donors (Lipinski definition) is 1. The molecule has 0 bridgehead atoms. The van der Waals surface area contributed by atoms with E-state index in [-0.39, 0.29) is 0 Å². The molecule has 2 aliphatic rings. The predicted molar refractivity (Wildman–Crippen MR) is 79.6 cm³/mol. The molecule has 0 spiro atoms. The van der Waals surface area contributed by atoms with Crippen LogP contribution in [0.15, 0.2) is 0 Å². The summed E-state index contributed by atoms with van der Waals surface area (Å²) in [5, 5.41) is 8.06. The first-order chi connectivity index (χ1) is 9.79. The lowest BCUT2D eigenvalue weighted by Crippen LogP contribution is -2.43. The average Bonchev–Trinajstić information content (AvgIpc) is 3.06. The maximum Gasteiger partial charge on any atom is 0.151 e. The standard InChI is InChI=1S/C15H27N5/c1-3-5-14-17-15(19(2)18-14)13-6-4-11-20(13)12-7-9-16-10-8-12/h12-13,16H,3-11H2,1-2H3. The molecule has 0 aliphatic carbocycles. The quantitative estimate of drug-likeness (QED) is 0.909. The molecule has 5 heteroatoms. The summed E-state index contributed by atoms with van der Waals surface area (Å²) in [4.78, 5) is 7.52. The van der Waals surface area contributed by atoms with Crippen LogP contribution in [0.3, 0.4) is 0 Å². The first-order valence-corrected chi connectivity index (χ1v) is 8.16. The van der Waals surface area contributed by atoms with Gasteiger partial charge in [0.1, 0.15) is 5.82 Å². The summed E-state index contributed by atoms with van der Waals surface area (Å²) in [6, 6.07) is 1.22. The summed E-state index contributed by atoms with van der Waals surface area (Å²) in [5.41, 5.74) is 0. The molecule has 2 saturated heterocycles. The average molecular weight is 277 g/mol. The second kappa shape index (κ2) is 6.22. The van der Waals surface area contributed by atoms with Crippen LogP contribution >= 0.6 is 0 Å². The third kappa shape index (κ3) is 2.74. The van der Waals surface area contributed by atoms with Crippen LogP contribution in [0.2, 0.25) is 0 Å². The molecule has 1 N–H and O–H groups in total. The van der Waals surface area contributed by atoms with E-state index in [4.69, 9.17) is 4.98 Å². The number of aryl methyl sites for hydroxylation is 2. The van der Waals surface area contributed by atoms with Crippen LogP contribution in [-0.2, 0) is 13.5 Å². The van der Waals surface area contributed by atoms with Crippen molar-refractivity contribution in [2.45, 2.75) is 57.5 Å². The van der Waals surface area contributed by atoms with Gasteiger partial charge in [0.05, 0.1) is 6.04 Å². The van der Waals surface area contributed by atoms with Gasteiger partial charge in [-0.05, 0) is 51.7 Å². The van der Waals surface area contributed by atoms with Gasteiger partial charge in [0.15, 0.2) is 5.82 Å². The molecule has 2 fully saturated rings. The van der Waals surface area contributed by atoms with Crippen LogP contribution in [0.1, 0.15) is 56.7 Å². The maximum absolute atomic E-state index is 4.82. The second-order valence-corrected chi connectivity index (χ2v) is 6.14. The van der Waals surface area contributed by atoms with E-state index in [2.05, 4.69) is 29.3 Å². The Labute approximate surface area is 121 Å². The molecule has 0 radical (unpaired) electrons. The van der Waals surface area contributed by atoms with Crippen LogP contribution < -0.4 is 5.32 Å². The Morgan fingerprint density at radius 2 is 2.05 bits per heavy atom. The van der Waals surface area contributed by atoms with Crippen LogP contribution in [0, 0.1) is 0 Å². The van der Waals surface area contributed by atoms with E-state index < -0.39 is 0 Å². The second-order valence-electron chi connectivity index (χ2n) is 6.14. The van der Waals surface area contributed by atoms with Crippen molar-refractivity contribution in [3.63, 3.8) is 0 Å². The smallest absolute Gasteiger partial charge is 0.151 e. The van der Waals surface area contributed by atoms with Crippen LogP contribution in [0.5, 0.6) is 0 Å². The van der Waals surface area contributed by atoms with E-state index in [0.29, 0.717) is 6.04 Å². The van der Waals surface area contributed by atoms with Crippen molar-refractivity contribution in [2.24, 2.45) is 7.05 Å². The van der Waals surface area contributed by atoms with Crippen LogP contribution in [-0.4, -0.2) is 45.3 Å². The zero-order chi connectivity index (χ0) is 13.9. The SMILES string of the molecule is CCCc1nc(C2CCCN2C2CCNCC2)n(C)n1. The monoisotopic (exact) mass is 277 g/mol. The third-order valence-electron chi connectivity index (χ3n) is 4.68. The van der Waals surface area contributed by atoms with Gasteiger partial charge in [-0.1, -0.05) is 6.92 Å². The largest absolute Gasteiger partial charge is 0.317 e. The van der Waals surface area contributed by atoms with Crippen LogP contribution in [0.4, 0.5) is 0 Å². The summed E-state index contributed by atoms with van der Waals surface area (Å²) in [5.74, 6) is 2.20. The Bertz CT molecular complexity index is 435. The van der Waals surface area contributed by atoms with E-state index in [9.17, 15) is 0 Å². The lowest BCUT2D eigenvalue weighted by Gasteiger charge is -2.35. The Balaban J connectivity index is 1.77. The molecule has 0 saturated carbocycles. The molecule has 0 aromatic carbocycles. The lowest BCUT2D eigenvalue weighted by atomic mass is 10.0. The topological polar surface area (TPSA) is 46.0 Å². The minimum atomic E-state index is 0.487. The molecule has 1 unspecified atom stereocenters. The fourth-order valence-corrected chi connectivity index (χ4v) is 3.71. The van der Waals surface area contributed by atoms with Crippen molar-refractivity contribution in [3.8, 4) is 0 Å². The number of piperidine rings is 1. The van der Waals surface area contributed by atoms with Crippen LogP contribution in [0.25, 0.3) is 0 Å². The van der Waals surface area contributed by atoms with Crippen molar-refractivity contribution in [2.75, 3.05) is 19.6 Å². The molecule has 112 valence electrons. The van der Waals surface area contributed by atoms with E-state index >= 15 is 0 Å². The molecule has 1 aromatic heterocycles. The minimum Gasteiger partial charge on any atom is -0.317 e. The number of hydrogen-bond acceptors (Lipinski definition) is 4. The number of likely N-dealkylation sites (tertiary alicyclic amines) is 1. The van der Waals surface area contributed by atoms with Crippen molar-refractivity contribution < 1.29 is 0 Å². The molecular formula is C15H27N5. The highest BCUT2D eigenvalue weighted by Crippen LogP contribution is 2.34. The van der Waals surface area contributed by atoms with Crippen molar-refractivity contribution in [3.05, 3.63) is 11.6 Å². The highest BCUT2D eigenvalue weighted by atomic mass is 15.4. The van der Waals surface area contributed by atoms with E-state index in [1.165, 1.54) is 38.1 Å². The van der Waals surface area contributed by atoms with Crippen molar-refractivity contribution in [1.29, 1.82) is 0 Å². The van der Waals surface area contributed by atoms with Gasteiger partial charge >= 0.3 is 0 Å². The molecule has 3 rings (SSSR count). The molecule has 20 heavy (non-hydrogen) atoms. The lowest BCUT2D eigenvalue weighted by molar-refractivity contribution is 0.141. The maximum atomic E-state index is 4.82. The first kappa shape index (κ1) is 14.0. The number of rotatable bonds is 4. The van der Waals surface area contributed by atoms with Gasteiger partial charge in [-0.15, -0.1) is 0 Å². The summed E-state index contributed by atoms with van der Waals surface area (Å²) in [6.45, 7) is 5.74. The van der Waals surface area contributed by atoms with Gasteiger partial charge in [0.25, 0.3) is 0 Å². The van der Waals surface area contributed by atoms with Crippen molar-refractivity contribution >= 4 is 0 Å². The molecule has 1 atom stereocenters. The van der Waals surface area contributed by atoms with Gasteiger partial charge < -0.3 is 5.32 Å². The molecule has 0 amide bonds. The van der Waals surface area contributed by atoms with Gasteiger partial charge in [-0.3, -0.25) is 9.58 Å². The number of nitrogens with zero attached hydrogens (tertiary/aromatic N) is 4. The highest BCUT2D eigenvalue weighted by molar-refractivity contribution is 5.03. The molecule has 1 aromatic rings. The Morgan fingerprint density at radius 1 is 1.25 bits per heavy atom. The zero-order valence-corrected chi connectivity index (χ0v) is 12.8. The van der Waals surface area contributed by atoms with Gasteiger partial charge in [-0.2, -0.15) is 5.10 Å². The fourth-order valence-electron chi connectivity index (χ4n) is 3.71. The fraction of sp³-hybridized carbons (Fsp3) is 0.867. The third-order valence-corrected chi connectivity index (χ3v) is 4.68. The Kier molecular flexibility index (Phi) is 4.36. The number of aromatic nitrogens is 3. The normalized spacial score (nSPS) is 25.4. The Hall–Kier alpha value is -0.940. The highest BCUT2D eigenvalue weighted by Gasteiger charge is 2.34. The van der Waals surface area contributed by atoms with Gasteiger partial charge in [0, 0.05) is 19.5 Å². The van der Waals surface area contributed by atoms with E-state index in [0.717, 1.165) is 37.8 Å². The molecule has 3 heterocycles. The van der Waals surface area contributed by atoms with Gasteiger partial charge in [-0.25, -0.2) is 4.98 Å². The first-order valence-electron chi connectivity index (χ1n) is 8.16. The van der Waals surface area contributed by atoms with E-state index in [1.807, 2.05) is 4.68 Å². The number of nitrogens with one attached hydrogen (secondary N) is 1. The molecule has 5 nitrogen and oxygen atoms in total. The molecule has 2 aliphatic heterocycles. The zero-order valence-electron chi connectivity index (χ0n) is 12.8. The van der Waals surface area contributed by atoms with E-state index in [1.54, 1.807) is 0 Å².